The molecule has 3 nitrogen and oxygen atoms in total. The number of carbonyl (C=O) groups excluding carboxylic acids is 1. The first-order chi connectivity index (χ1) is 10.7. The van der Waals surface area contributed by atoms with Crippen LogP contribution in [0.4, 0.5) is 0 Å². The molecule has 3 rings (SSSR count). The number of methoxy groups -OCH3 is 1. The third-order valence-electron chi connectivity index (χ3n) is 3.89. The molecule has 0 fully saturated rings. The molecule has 0 aromatic heterocycles. The summed E-state index contributed by atoms with van der Waals surface area (Å²) in [6.45, 7) is 4.58. The highest BCUT2D eigenvalue weighted by Crippen LogP contribution is 2.36. The van der Waals surface area contributed by atoms with Gasteiger partial charge in [0, 0.05) is 5.39 Å². The first-order valence-corrected chi connectivity index (χ1v) is 7.33. The highest BCUT2D eigenvalue weighted by molar-refractivity contribution is 6.18. The largest absolute Gasteiger partial charge is 0.493 e. The number of aryl methyl sites for hydroxylation is 1. The summed E-state index contributed by atoms with van der Waals surface area (Å²) >= 11 is 0. The maximum atomic E-state index is 12.2. The van der Waals surface area contributed by atoms with Crippen molar-refractivity contribution in [2.75, 3.05) is 13.7 Å². The highest BCUT2D eigenvalue weighted by atomic mass is 16.5. The van der Waals surface area contributed by atoms with Gasteiger partial charge in [0.1, 0.15) is 5.75 Å². The van der Waals surface area contributed by atoms with Crippen LogP contribution in [0, 0.1) is 6.92 Å². The molecule has 0 unspecified atom stereocenters. The molecule has 0 atom stereocenters. The van der Waals surface area contributed by atoms with Crippen molar-refractivity contribution < 1.29 is 14.3 Å². The fraction of sp³-hybridized carbons (Fsp3) is 0.211. The lowest BCUT2D eigenvalue weighted by molar-refractivity contribution is 0.0603. The summed E-state index contributed by atoms with van der Waals surface area (Å²) in [6.07, 6.45) is 0. The standard InChI is InChI=1S/C19H18O3/c1-4-22-17-10-6-9-13-15(17)11-16(19(20)21-3)14-8-5-7-12(2)18(13)14/h5-11H,4H2,1-3H3. The van der Waals surface area contributed by atoms with Crippen LogP contribution in [0.25, 0.3) is 21.5 Å². The molecule has 0 aliphatic heterocycles. The van der Waals surface area contributed by atoms with Crippen molar-refractivity contribution in [2.45, 2.75) is 13.8 Å². The van der Waals surface area contributed by atoms with Crippen LogP contribution in [0.2, 0.25) is 0 Å². The number of hydrogen-bond acceptors (Lipinski definition) is 3. The van der Waals surface area contributed by atoms with E-state index in [1.165, 1.54) is 7.11 Å². The molecule has 0 bridgehead atoms. The second-order valence-corrected chi connectivity index (χ2v) is 5.20. The van der Waals surface area contributed by atoms with E-state index in [0.29, 0.717) is 12.2 Å². The molecule has 0 aliphatic rings. The van der Waals surface area contributed by atoms with Gasteiger partial charge in [-0.1, -0.05) is 30.3 Å². The monoisotopic (exact) mass is 294 g/mol. The minimum atomic E-state index is -0.330. The minimum absolute atomic E-state index is 0.330. The average molecular weight is 294 g/mol. The number of ether oxygens (including phenoxy) is 2. The number of fused-ring (bicyclic) bond motifs is 3. The maximum absolute atomic E-state index is 12.2. The third kappa shape index (κ3) is 2.19. The number of benzene rings is 3. The van der Waals surface area contributed by atoms with E-state index in [2.05, 4.69) is 19.1 Å². The second kappa shape index (κ2) is 5.68. The molecule has 0 heterocycles. The number of esters is 1. The first-order valence-electron chi connectivity index (χ1n) is 7.33. The molecular weight excluding hydrogens is 276 g/mol. The Morgan fingerprint density at radius 2 is 1.77 bits per heavy atom. The highest BCUT2D eigenvalue weighted by Gasteiger charge is 2.16. The zero-order valence-electron chi connectivity index (χ0n) is 13.0. The van der Waals surface area contributed by atoms with Gasteiger partial charge in [-0.15, -0.1) is 0 Å². The quantitative estimate of drug-likeness (QED) is 0.527. The van der Waals surface area contributed by atoms with Crippen LogP contribution in [0.5, 0.6) is 5.75 Å². The predicted octanol–water partition coefficient (Wildman–Crippen LogP) is 4.49. The minimum Gasteiger partial charge on any atom is -0.493 e. The molecule has 22 heavy (non-hydrogen) atoms. The van der Waals surface area contributed by atoms with Gasteiger partial charge in [0.2, 0.25) is 0 Å². The topological polar surface area (TPSA) is 35.5 Å². The van der Waals surface area contributed by atoms with Crippen molar-refractivity contribution in [1.29, 1.82) is 0 Å². The molecular formula is C19H18O3. The zero-order chi connectivity index (χ0) is 15.7. The van der Waals surface area contributed by atoms with Gasteiger partial charge in [0.25, 0.3) is 0 Å². The van der Waals surface area contributed by atoms with E-state index in [4.69, 9.17) is 9.47 Å². The smallest absolute Gasteiger partial charge is 0.338 e. The molecule has 3 aromatic carbocycles. The van der Waals surface area contributed by atoms with E-state index in [-0.39, 0.29) is 5.97 Å². The molecule has 0 amide bonds. The molecule has 0 spiro atoms. The summed E-state index contributed by atoms with van der Waals surface area (Å²) in [4.78, 5) is 12.2. The van der Waals surface area contributed by atoms with Crippen molar-refractivity contribution >= 4 is 27.5 Å². The van der Waals surface area contributed by atoms with E-state index >= 15 is 0 Å². The summed E-state index contributed by atoms with van der Waals surface area (Å²) in [5, 5.41) is 4.01. The molecule has 0 radical (unpaired) electrons. The number of hydrogen-bond donors (Lipinski definition) is 0. The summed E-state index contributed by atoms with van der Waals surface area (Å²) < 4.78 is 10.7. The van der Waals surface area contributed by atoms with Crippen LogP contribution >= 0.6 is 0 Å². The van der Waals surface area contributed by atoms with Crippen molar-refractivity contribution in [3.63, 3.8) is 0 Å². The van der Waals surface area contributed by atoms with Gasteiger partial charge in [-0.2, -0.15) is 0 Å². The Morgan fingerprint density at radius 3 is 2.50 bits per heavy atom. The summed E-state index contributed by atoms with van der Waals surface area (Å²) in [5.41, 5.74) is 1.70. The van der Waals surface area contributed by atoms with Gasteiger partial charge in [0.15, 0.2) is 0 Å². The van der Waals surface area contributed by atoms with Gasteiger partial charge < -0.3 is 9.47 Å². The summed E-state index contributed by atoms with van der Waals surface area (Å²) in [5.74, 6) is 0.458. The van der Waals surface area contributed by atoms with Gasteiger partial charge in [-0.3, -0.25) is 0 Å². The Bertz CT molecular complexity index is 865. The average Bonchev–Trinajstić information content (AvgIpc) is 2.54. The molecule has 112 valence electrons. The van der Waals surface area contributed by atoms with Crippen LogP contribution < -0.4 is 4.74 Å². The SMILES string of the molecule is CCOc1cccc2c1cc(C(=O)OC)c1cccc(C)c12. The fourth-order valence-corrected chi connectivity index (χ4v) is 2.94. The third-order valence-corrected chi connectivity index (χ3v) is 3.89. The summed E-state index contributed by atoms with van der Waals surface area (Å²) in [7, 11) is 1.41. The van der Waals surface area contributed by atoms with Gasteiger partial charge >= 0.3 is 5.97 Å². The Balaban J connectivity index is 2.50. The van der Waals surface area contributed by atoms with E-state index in [1.807, 2.05) is 37.3 Å². The summed E-state index contributed by atoms with van der Waals surface area (Å²) in [6, 6.07) is 13.8. The molecule has 0 N–H and O–H groups in total. The van der Waals surface area contributed by atoms with Crippen LogP contribution in [0.3, 0.4) is 0 Å². The van der Waals surface area contributed by atoms with Gasteiger partial charge in [-0.25, -0.2) is 4.79 Å². The Morgan fingerprint density at radius 1 is 1.05 bits per heavy atom. The Hall–Kier alpha value is -2.55. The van der Waals surface area contributed by atoms with Crippen LogP contribution in [0.15, 0.2) is 42.5 Å². The Labute approximate surface area is 129 Å². The van der Waals surface area contributed by atoms with Gasteiger partial charge in [-0.05, 0) is 47.7 Å². The lowest BCUT2D eigenvalue weighted by atomic mass is 9.94. The number of carbonyl (C=O) groups is 1. The maximum Gasteiger partial charge on any atom is 0.338 e. The van der Waals surface area contributed by atoms with Crippen LogP contribution in [-0.4, -0.2) is 19.7 Å². The lowest BCUT2D eigenvalue weighted by Gasteiger charge is -2.14. The second-order valence-electron chi connectivity index (χ2n) is 5.20. The molecule has 3 heteroatoms. The van der Waals surface area contributed by atoms with E-state index < -0.39 is 0 Å². The lowest BCUT2D eigenvalue weighted by Crippen LogP contribution is -2.03. The van der Waals surface area contributed by atoms with Crippen molar-refractivity contribution in [1.82, 2.24) is 0 Å². The van der Waals surface area contributed by atoms with E-state index in [9.17, 15) is 4.79 Å². The number of rotatable bonds is 3. The first kappa shape index (κ1) is 14.4. The molecule has 0 saturated heterocycles. The zero-order valence-corrected chi connectivity index (χ0v) is 13.0. The molecule has 3 aromatic rings. The van der Waals surface area contributed by atoms with Crippen molar-refractivity contribution in [3.05, 3.63) is 53.6 Å². The van der Waals surface area contributed by atoms with Crippen LogP contribution in [-0.2, 0) is 4.74 Å². The van der Waals surface area contributed by atoms with Crippen molar-refractivity contribution in [3.8, 4) is 5.75 Å². The van der Waals surface area contributed by atoms with E-state index in [0.717, 1.165) is 32.9 Å². The fourth-order valence-electron chi connectivity index (χ4n) is 2.94. The Kier molecular flexibility index (Phi) is 3.72. The van der Waals surface area contributed by atoms with Crippen LogP contribution in [0.1, 0.15) is 22.8 Å². The van der Waals surface area contributed by atoms with E-state index in [1.54, 1.807) is 0 Å². The van der Waals surface area contributed by atoms with Crippen molar-refractivity contribution in [2.24, 2.45) is 0 Å². The molecule has 0 aliphatic carbocycles. The van der Waals surface area contributed by atoms with Gasteiger partial charge in [0.05, 0.1) is 19.3 Å². The molecule has 0 saturated carbocycles. The normalized spacial score (nSPS) is 10.9. The predicted molar refractivity (Wildman–Crippen MR) is 88.7 cm³/mol.